The maximum absolute atomic E-state index is 8.76. The van der Waals surface area contributed by atoms with Gasteiger partial charge in [0, 0.05) is 12.1 Å². The Balaban J connectivity index is 2.42. The number of hydrogen-bond donors (Lipinski definition) is 1. The molecule has 3 heteroatoms. The van der Waals surface area contributed by atoms with Gasteiger partial charge in [0.15, 0.2) is 0 Å². The average molecular weight is 133 g/mol. The molecular weight excluding hydrogens is 121 g/mol. The van der Waals surface area contributed by atoms with E-state index in [9.17, 15) is 0 Å². The first-order valence-electron chi connectivity index (χ1n) is 2.82. The largest absolute Gasteiger partial charge is 0.394 e. The highest BCUT2D eigenvalue weighted by atomic mass is 31.0. The molecule has 0 radical (unpaired) electrons. The van der Waals surface area contributed by atoms with Crippen LogP contribution in [-0.4, -0.2) is 28.5 Å². The van der Waals surface area contributed by atoms with Crippen LogP contribution in [0.1, 0.15) is 13.3 Å². The number of rotatable bonds is 1. The predicted molar refractivity (Wildman–Crippen MR) is 36.5 cm³/mol. The van der Waals surface area contributed by atoms with Crippen LogP contribution in [0.5, 0.6) is 0 Å². The van der Waals surface area contributed by atoms with Crippen molar-refractivity contribution in [3.8, 4) is 0 Å². The highest BCUT2D eigenvalue weighted by molar-refractivity contribution is 7.13. The molecule has 0 aromatic heterocycles. The van der Waals surface area contributed by atoms with E-state index in [1.54, 1.807) is 0 Å². The lowest BCUT2D eigenvalue weighted by Crippen LogP contribution is -2.54. The Labute approximate surface area is 52.1 Å². The van der Waals surface area contributed by atoms with E-state index in [1.165, 1.54) is 0 Å². The molecule has 1 aliphatic rings. The Morgan fingerprint density at radius 1 is 1.88 bits per heavy atom. The zero-order chi connectivity index (χ0) is 6.20. The second kappa shape index (κ2) is 1.94. The van der Waals surface area contributed by atoms with Gasteiger partial charge in [0.1, 0.15) is 0 Å². The summed E-state index contributed by atoms with van der Waals surface area (Å²) < 4.78 is 2.09. The van der Waals surface area contributed by atoms with Gasteiger partial charge in [-0.1, -0.05) is 9.39 Å². The van der Waals surface area contributed by atoms with Gasteiger partial charge in [0.25, 0.3) is 0 Å². The lowest BCUT2D eigenvalue weighted by molar-refractivity contribution is 0.0359. The number of nitrogens with zero attached hydrogens (tertiary/aromatic N) is 1. The van der Waals surface area contributed by atoms with E-state index in [0.29, 0.717) is 0 Å². The third-order valence-corrected chi connectivity index (χ3v) is 2.81. The van der Waals surface area contributed by atoms with Gasteiger partial charge in [-0.3, -0.25) is 4.67 Å². The third kappa shape index (κ3) is 0.771. The predicted octanol–water partition coefficient (Wildman–Crippen LogP) is 0.233. The Bertz CT molecular complexity index is 94.4. The zero-order valence-corrected chi connectivity index (χ0v) is 6.25. The van der Waals surface area contributed by atoms with Crippen LogP contribution in [0.4, 0.5) is 0 Å². The van der Waals surface area contributed by atoms with Crippen LogP contribution in [0.3, 0.4) is 0 Å². The fourth-order valence-corrected chi connectivity index (χ4v) is 1.13. The molecule has 0 amide bonds. The summed E-state index contributed by atoms with van der Waals surface area (Å²) in [5, 5.41) is 8.76. The summed E-state index contributed by atoms with van der Waals surface area (Å²) in [6.45, 7) is 3.43. The van der Waals surface area contributed by atoms with Gasteiger partial charge in [-0.2, -0.15) is 0 Å². The Morgan fingerprint density at radius 2 is 2.50 bits per heavy atom. The lowest BCUT2D eigenvalue weighted by Gasteiger charge is -2.46. The monoisotopic (exact) mass is 133 g/mol. The van der Waals surface area contributed by atoms with E-state index in [-0.39, 0.29) is 12.1 Å². The van der Waals surface area contributed by atoms with E-state index < -0.39 is 0 Å². The molecular formula is C5H12NOP. The van der Waals surface area contributed by atoms with Gasteiger partial charge in [0.05, 0.1) is 6.61 Å². The maximum Gasteiger partial charge on any atom is 0.0615 e. The minimum absolute atomic E-state index is 0.0741. The van der Waals surface area contributed by atoms with Crippen molar-refractivity contribution in [2.45, 2.75) is 18.9 Å². The molecule has 0 aromatic rings. The molecule has 0 saturated carbocycles. The van der Waals surface area contributed by atoms with Crippen molar-refractivity contribution in [2.75, 3.05) is 13.2 Å². The second-order valence-corrected chi connectivity index (χ2v) is 3.22. The molecule has 2 nitrogen and oxygen atoms in total. The van der Waals surface area contributed by atoms with E-state index in [2.05, 4.69) is 21.0 Å². The third-order valence-electron chi connectivity index (χ3n) is 1.93. The summed E-state index contributed by atoms with van der Waals surface area (Å²) in [5.41, 5.74) is 0.0741. The molecule has 1 aliphatic heterocycles. The van der Waals surface area contributed by atoms with Gasteiger partial charge in [-0.25, -0.2) is 0 Å². The minimum Gasteiger partial charge on any atom is -0.394 e. The quantitative estimate of drug-likeness (QED) is 0.518. The Kier molecular flexibility index (Phi) is 1.57. The van der Waals surface area contributed by atoms with Crippen molar-refractivity contribution in [1.82, 2.24) is 4.67 Å². The highest BCUT2D eigenvalue weighted by Gasteiger charge is 2.36. The van der Waals surface area contributed by atoms with Crippen LogP contribution in [0.15, 0.2) is 0 Å². The number of aliphatic hydroxyl groups is 1. The summed E-state index contributed by atoms with van der Waals surface area (Å²) in [6.07, 6.45) is 1.12. The van der Waals surface area contributed by atoms with Crippen molar-refractivity contribution in [3.63, 3.8) is 0 Å². The van der Waals surface area contributed by atoms with E-state index in [1.807, 2.05) is 0 Å². The highest BCUT2D eigenvalue weighted by Crippen LogP contribution is 2.32. The molecule has 1 rings (SSSR count). The molecule has 0 spiro atoms. The average Bonchev–Trinajstić information content (AvgIpc) is 1.83. The van der Waals surface area contributed by atoms with Gasteiger partial charge in [-0.05, 0) is 13.3 Å². The molecule has 1 N–H and O–H groups in total. The van der Waals surface area contributed by atoms with E-state index in [0.717, 1.165) is 13.0 Å². The molecule has 48 valence electrons. The van der Waals surface area contributed by atoms with Gasteiger partial charge in [-0.15, -0.1) is 0 Å². The summed E-state index contributed by atoms with van der Waals surface area (Å²) in [5.74, 6) is 0. The summed E-state index contributed by atoms with van der Waals surface area (Å²) in [6, 6.07) is 0. The van der Waals surface area contributed by atoms with Crippen LogP contribution in [0, 0.1) is 0 Å². The number of aliphatic hydroxyl groups excluding tert-OH is 1. The van der Waals surface area contributed by atoms with Crippen LogP contribution in [0.2, 0.25) is 0 Å². The first kappa shape index (κ1) is 6.47. The molecule has 0 aliphatic carbocycles. The topological polar surface area (TPSA) is 23.5 Å². The van der Waals surface area contributed by atoms with Gasteiger partial charge in [0.2, 0.25) is 0 Å². The molecule has 0 aromatic carbocycles. The molecule has 8 heavy (non-hydrogen) atoms. The fourth-order valence-electron chi connectivity index (χ4n) is 0.793. The zero-order valence-electron chi connectivity index (χ0n) is 5.09. The fraction of sp³-hybridized carbons (Fsp3) is 1.00. The maximum atomic E-state index is 8.76. The van der Waals surface area contributed by atoms with Crippen molar-refractivity contribution in [1.29, 1.82) is 0 Å². The number of hydrogen-bond acceptors (Lipinski definition) is 2. The molecule has 1 unspecified atom stereocenters. The summed E-state index contributed by atoms with van der Waals surface area (Å²) >= 11 is 0. The van der Waals surface area contributed by atoms with Crippen LogP contribution < -0.4 is 0 Å². The molecule has 1 saturated heterocycles. The van der Waals surface area contributed by atoms with Crippen molar-refractivity contribution in [2.24, 2.45) is 0 Å². The van der Waals surface area contributed by atoms with Crippen LogP contribution in [-0.2, 0) is 0 Å². The van der Waals surface area contributed by atoms with E-state index >= 15 is 0 Å². The first-order valence-corrected chi connectivity index (χ1v) is 3.34. The second-order valence-electron chi connectivity index (χ2n) is 2.60. The van der Waals surface area contributed by atoms with Gasteiger partial charge < -0.3 is 5.11 Å². The molecule has 0 bridgehead atoms. The van der Waals surface area contributed by atoms with Crippen LogP contribution in [0.25, 0.3) is 0 Å². The first-order chi connectivity index (χ1) is 3.69. The smallest absolute Gasteiger partial charge is 0.0615 e. The van der Waals surface area contributed by atoms with Crippen LogP contribution >= 0.6 is 9.39 Å². The van der Waals surface area contributed by atoms with Gasteiger partial charge >= 0.3 is 0 Å². The normalized spacial score (nSPS) is 39.4. The molecule has 2 atom stereocenters. The molecule has 1 fully saturated rings. The standard InChI is InChI=1S/C5H12NOP/c1-5(4-7)2-3-6(5)8/h7H,2-4,8H2,1H3/t5-/m0/s1. The van der Waals surface area contributed by atoms with Crippen molar-refractivity contribution < 1.29 is 5.11 Å². The molecule has 1 heterocycles. The van der Waals surface area contributed by atoms with E-state index in [4.69, 9.17) is 5.11 Å². The summed E-state index contributed by atoms with van der Waals surface area (Å²) in [7, 11) is 2.61. The summed E-state index contributed by atoms with van der Waals surface area (Å²) in [4.78, 5) is 0. The minimum atomic E-state index is 0.0741. The van der Waals surface area contributed by atoms with Crippen molar-refractivity contribution >= 4 is 9.39 Å². The SMILES string of the molecule is C[C@@]1(CO)CCN1P. The Hall–Kier alpha value is 0.350. The lowest BCUT2D eigenvalue weighted by atomic mass is 9.91. The Morgan fingerprint density at radius 3 is 2.50 bits per heavy atom. The van der Waals surface area contributed by atoms with Crippen molar-refractivity contribution in [3.05, 3.63) is 0 Å².